The number of aryl methyl sites for hydroxylation is 1. The second-order valence-corrected chi connectivity index (χ2v) is 5.00. The van der Waals surface area contributed by atoms with E-state index in [1.54, 1.807) is 14.0 Å². The first-order valence-electron chi connectivity index (χ1n) is 7.10. The number of benzene rings is 1. The lowest BCUT2D eigenvalue weighted by atomic mass is 10.2. The number of carbonyl (C=O) groups excluding carboxylic acids is 2. The number of amides is 1. The van der Waals surface area contributed by atoms with E-state index < -0.39 is 0 Å². The SMILES string of the molecule is COC(=O)C[C@H](C)NC(=O)CCOc1ccc(C)cc1OC. The Labute approximate surface area is 130 Å². The maximum Gasteiger partial charge on any atom is 0.307 e. The molecule has 0 spiro atoms. The highest BCUT2D eigenvalue weighted by molar-refractivity contribution is 5.77. The predicted molar refractivity (Wildman–Crippen MR) is 82.1 cm³/mol. The van der Waals surface area contributed by atoms with Crippen LogP contribution in [0.25, 0.3) is 0 Å². The first-order valence-corrected chi connectivity index (χ1v) is 7.10. The predicted octanol–water partition coefficient (Wildman–Crippen LogP) is 1.84. The number of ether oxygens (including phenoxy) is 3. The lowest BCUT2D eigenvalue weighted by Crippen LogP contribution is -2.35. The summed E-state index contributed by atoms with van der Waals surface area (Å²) in [5.74, 6) is 0.707. The molecular formula is C16H23NO5. The van der Waals surface area contributed by atoms with Crippen LogP contribution in [-0.4, -0.2) is 38.7 Å². The van der Waals surface area contributed by atoms with Crippen LogP contribution < -0.4 is 14.8 Å². The number of rotatable bonds is 8. The van der Waals surface area contributed by atoms with Crippen molar-refractivity contribution in [3.8, 4) is 11.5 Å². The Kier molecular flexibility index (Phi) is 7.22. The van der Waals surface area contributed by atoms with E-state index >= 15 is 0 Å². The molecule has 6 nitrogen and oxygen atoms in total. The zero-order valence-electron chi connectivity index (χ0n) is 13.5. The largest absolute Gasteiger partial charge is 0.493 e. The summed E-state index contributed by atoms with van der Waals surface area (Å²) in [5.41, 5.74) is 1.07. The van der Waals surface area contributed by atoms with Crippen LogP contribution in [0.3, 0.4) is 0 Å². The maximum absolute atomic E-state index is 11.7. The summed E-state index contributed by atoms with van der Waals surface area (Å²) in [4.78, 5) is 22.8. The summed E-state index contributed by atoms with van der Waals surface area (Å²) >= 11 is 0. The molecule has 1 aromatic rings. The van der Waals surface area contributed by atoms with Crippen LogP contribution >= 0.6 is 0 Å². The smallest absolute Gasteiger partial charge is 0.307 e. The second kappa shape index (κ2) is 8.92. The highest BCUT2D eigenvalue weighted by atomic mass is 16.5. The summed E-state index contributed by atoms with van der Waals surface area (Å²) < 4.78 is 15.3. The highest BCUT2D eigenvalue weighted by Crippen LogP contribution is 2.27. The third kappa shape index (κ3) is 6.03. The maximum atomic E-state index is 11.7. The van der Waals surface area contributed by atoms with E-state index in [1.165, 1.54) is 7.11 Å². The van der Waals surface area contributed by atoms with Crippen molar-refractivity contribution in [1.29, 1.82) is 0 Å². The molecule has 0 aliphatic rings. The highest BCUT2D eigenvalue weighted by Gasteiger charge is 2.12. The average molecular weight is 309 g/mol. The molecule has 122 valence electrons. The van der Waals surface area contributed by atoms with Gasteiger partial charge < -0.3 is 19.5 Å². The van der Waals surface area contributed by atoms with Crippen LogP contribution in [0.2, 0.25) is 0 Å². The van der Waals surface area contributed by atoms with Gasteiger partial charge >= 0.3 is 5.97 Å². The van der Waals surface area contributed by atoms with Crippen LogP contribution in [-0.2, 0) is 14.3 Å². The van der Waals surface area contributed by atoms with Crippen LogP contribution in [0, 0.1) is 6.92 Å². The van der Waals surface area contributed by atoms with E-state index in [0.29, 0.717) is 11.5 Å². The Morgan fingerprint density at radius 3 is 2.59 bits per heavy atom. The second-order valence-electron chi connectivity index (χ2n) is 5.00. The first kappa shape index (κ1) is 17.8. The zero-order valence-corrected chi connectivity index (χ0v) is 13.5. The van der Waals surface area contributed by atoms with Crippen molar-refractivity contribution in [2.24, 2.45) is 0 Å². The van der Waals surface area contributed by atoms with Gasteiger partial charge in [-0.3, -0.25) is 9.59 Å². The van der Waals surface area contributed by atoms with Gasteiger partial charge in [-0.1, -0.05) is 6.07 Å². The minimum atomic E-state index is -0.353. The summed E-state index contributed by atoms with van der Waals surface area (Å²) in [5, 5.41) is 2.72. The molecule has 1 N–H and O–H groups in total. The van der Waals surface area contributed by atoms with Gasteiger partial charge in [0.25, 0.3) is 0 Å². The summed E-state index contributed by atoms with van der Waals surface area (Å²) in [6, 6.07) is 5.32. The van der Waals surface area contributed by atoms with Gasteiger partial charge in [0.15, 0.2) is 11.5 Å². The summed E-state index contributed by atoms with van der Waals surface area (Å²) in [7, 11) is 2.89. The summed E-state index contributed by atoms with van der Waals surface area (Å²) in [6.45, 7) is 3.94. The minimum Gasteiger partial charge on any atom is -0.493 e. The lowest BCUT2D eigenvalue weighted by molar-refractivity contribution is -0.141. The van der Waals surface area contributed by atoms with Crippen molar-refractivity contribution in [1.82, 2.24) is 5.32 Å². The Morgan fingerprint density at radius 1 is 1.23 bits per heavy atom. The topological polar surface area (TPSA) is 73.9 Å². The van der Waals surface area contributed by atoms with Gasteiger partial charge in [0.2, 0.25) is 5.91 Å². The molecule has 0 saturated heterocycles. The number of carbonyl (C=O) groups is 2. The Morgan fingerprint density at radius 2 is 1.95 bits per heavy atom. The van der Waals surface area contributed by atoms with Gasteiger partial charge in [-0.2, -0.15) is 0 Å². The van der Waals surface area contributed by atoms with Crippen molar-refractivity contribution >= 4 is 11.9 Å². The molecule has 0 saturated carbocycles. The molecule has 1 aromatic carbocycles. The van der Waals surface area contributed by atoms with Crippen LogP contribution in [0.5, 0.6) is 11.5 Å². The van der Waals surface area contributed by atoms with Crippen molar-refractivity contribution in [2.75, 3.05) is 20.8 Å². The molecule has 0 heterocycles. The molecule has 0 unspecified atom stereocenters. The van der Waals surface area contributed by atoms with Crippen LogP contribution in [0.15, 0.2) is 18.2 Å². The molecule has 0 aromatic heterocycles. The molecular weight excluding hydrogens is 286 g/mol. The van der Waals surface area contributed by atoms with Gasteiger partial charge in [0, 0.05) is 6.04 Å². The zero-order chi connectivity index (χ0) is 16.5. The number of nitrogens with one attached hydrogen (secondary N) is 1. The third-order valence-electron chi connectivity index (χ3n) is 3.01. The number of esters is 1. The van der Waals surface area contributed by atoms with Gasteiger partial charge in [-0.15, -0.1) is 0 Å². The molecule has 22 heavy (non-hydrogen) atoms. The van der Waals surface area contributed by atoms with E-state index in [0.717, 1.165) is 5.56 Å². The van der Waals surface area contributed by atoms with Crippen LogP contribution in [0.1, 0.15) is 25.3 Å². The van der Waals surface area contributed by atoms with Gasteiger partial charge in [0.1, 0.15) is 0 Å². The monoisotopic (exact) mass is 309 g/mol. The van der Waals surface area contributed by atoms with Gasteiger partial charge in [-0.25, -0.2) is 0 Å². The number of hydrogen-bond donors (Lipinski definition) is 1. The molecule has 0 radical (unpaired) electrons. The van der Waals surface area contributed by atoms with Crippen molar-refractivity contribution in [2.45, 2.75) is 32.7 Å². The molecule has 0 fully saturated rings. The standard InChI is InChI=1S/C16H23NO5/c1-11-5-6-13(14(9-11)20-3)22-8-7-15(18)17-12(2)10-16(19)21-4/h5-6,9,12H,7-8,10H2,1-4H3,(H,17,18)/t12-/m0/s1. The first-order chi connectivity index (χ1) is 10.5. The molecule has 1 rings (SSSR count). The fourth-order valence-corrected chi connectivity index (χ4v) is 1.88. The van der Waals surface area contributed by atoms with Crippen molar-refractivity contribution < 1.29 is 23.8 Å². The fourth-order valence-electron chi connectivity index (χ4n) is 1.88. The lowest BCUT2D eigenvalue weighted by Gasteiger charge is -2.14. The van der Waals surface area contributed by atoms with Gasteiger partial charge in [0.05, 0.1) is 33.7 Å². The third-order valence-corrected chi connectivity index (χ3v) is 3.01. The molecule has 1 amide bonds. The summed E-state index contributed by atoms with van der Waals surface area (Å²) in [6.07, 6.45) is 0.345. The molecule has 1 atom stereocenters. The average Bonchev–Trinajstić information content (AvgIpc) is 2.48. The number of methoxy groups -OCH3 is 2. The minimum absolute atomic E-state index is 0.148. The van der Waals surface area contributed by atoms with E-state index in [9.17, 15) is 9.59 Å². The van der Waals surface area contributed by atoms with Crippen LogP contribution in [0.4, 0.5) is 0 Å². The molecule has 0 bridgehead atoms. The van der Waals surface area contributed by atoms with E-state index in [1.807, 2.05) is 25.1 Å². The van der Waals surface area contributed by atoms with E-state index in [2.05, 4.69) is 10.1 Å². The number of hydrogen-bond acceptors (Lipinski definition) is 5. The van der Waals surface area contributed by atoms with E-state index in [-0.39, 0.29) is 37.4 Å². The molecule has 6 heteroatoms. The van der Waals surface area contributed by atoms with Gasteiger partial charge in [-0.05, 0) is 31.5 Å². The normalized spacial score (nSPS) is 11.5. The Bertz CT molecular complexity index is 515. The van der Waals surface area contributed by atoms with Crippen molar-refractivity contribution in [3.05, 3.63) is 23.8 Å². The van der Waals surface area contributed by atoms with E-state index in [4.69, 9.17) is 9.47 Å². The molecule has 0 aliphatic heterocycles. The fraction of sp³-hybridized carbons (Fsp3) is 0.500. The van der Waals surface area contributed by atoms with Crippen molar-refractivity contribution in [3.63, 3.8) is 0 Å². The molecule has 0 aliphatic carbocycles. The Balaban J connectivity index is 2.38. The Hall–Kier alpha value is -2.24. The quantitative estimate of drug-likeness (QED) is 0.742.